The highest BCUT2D eigenvalue weighted by Gasteiger charge is 2.19. The van der Waals surface area contributed by atoms with Gasteiger partial charge < -0.3 is 5.11 Å². The third-order valence-electron chi connectivity index (χ3n) is 2.95. The molecule has 0 aromatic carbocycles. The number of nitrogens with one attached hydrogen (secondary N) is 1. The molecule has 102 valence electrons. The molecule has 3 aromatic rings. The largest absolute Gasteiger partial charge is 0.384 e. The third kappa shape index (κ3) is 1.97. The molecule has 0 saturated carbocycles. The van der Waals surface area contributed by atoms with E-state index in [1.165, 1.54) is 17.2 Å². The predicted octanol–water partition coefficient (Wildman–Crippen LogP) is 0.731. The third-order valence-corrected chi connectivity index (χ3v) is 2.95. The lowest BCUT2D eigenvalue weighted by Gasteiger charge is -2.16. The van der Waals surface area contributed by atoms with E-state index >= 15 is 0 Å². The number of fused-ring (bicyclic) bond motifs is 1. The maximum Gasteiger partial charge on any atom is 0.283 e. The zero-order valence-corrected chi connectivity index (χ0v) is 11.0. The van der Waals surface area contributed by atoms with Gasteiger partial charge in [0.15, 0.2) is 11.5 Å². The van der Waals surface area contributed by atoms with E-state index in [1.54, 1.807) is 32.0 Å². The highest BCUT2D eigenvalue weighted by molar-refractivity contribution is 5.72. The van der Waals surface area contributed by atoms with Gasteiger partial charge >= 0.3 is 0 Å². The van der Waals surface area contributed by atoms with Gasteiger partial charge in [0.05, 0.1) is 5.69 Å². The van der Waals surface area contributed by atoms with Crippen molar-refractivity contribution in [2.24, 2.45) is 0 Å². The van der Waals surface area contributed by atoms with Crippen LogP contribution in [0.1, 0.15) is 19.5 Å². The number of pyridine rings is 1. The minimum Gasteiger partial charge on any atom is -0.384 e. The minimum atomic E-state index is -1.08. The first-order chi connectivity index (χ1) is 9.47. The van der Waals surface area contributed by atoms with Crippen molar-refractivity contribution in [1.82, 2.24) is 24.7 Å². The van der Waals surface area contributed by atoms with E-state index in [1.807, 2.05) is 0 Å². The molecule has 0 bridgehead atoms. The van der Waals surface area contributed by atoms with Gasteiger partial charge in [-0.3, -0.25) is 9.89 Å². The van der Waals surface area contributed by atoms with Crippen LogP contribution in [0, 0.1) is 0 Å². The van der Waals surface area contributed by atoms with Crippen LogP contribution in [-0.2, 0) is 5.60 Å². The number of H-pyrrole nitrogens is 1. The molecule has 2 N–H and O–H groups in total. The number of hydrogen-bond donors (Lipinski definition) is 2. The zero-order chi connectivity index (χ0) is 14.3. The lowest BCUT2D eigenvalue weighted by atomic mass is 10.1. The summed E-state index contributed by atoms with van der Waals surface area (Å²) in [5.74, 6) is 0.396. The molecule has 3 rings (SSSR count). The highest BCUT2D eigenvalue weighted by atomic mass is 16.3. The van der Waals surface area contributed by atoms with E-state index in [-0.39, 0.29) is 5.56 Å². The first-order valence-electron chi connectivity index (χ1n) is 6.08. The van der Waals surface area contributed by atoms with Gasteiger partial charge in [-0.25, -0.2) is 15.0 Å². The van der Waals surface area contributed by atoms with E-state index in [2.05, 4.69) is 20.1 Å². The fourth-order valence-corrected chi connectivity index (χ4v) is 1.90. The molecule has 0 saturated heterocycles. The smallest absolute Gasteiger partial charge is 0.283 e. The lowest BCUT2D eigenvalue weighted by molar-refractivity contribution is 0.0738. The summed E-state index contributed by atoms with van der Waals surface area (Å²) in [5.41, 5.74) is -0.432. The van der Waals surface area contributed by atoms with Crippen molar-refractivity contribution in [1.29, 1.82) is 0 Å². The first kappa shape index (κ1) is 12.5. The molecule has 0 aliphatic rings. The molecule has 7 nitrogen and oxygen atoms in total. The summed E-state index contributed by atoms with van der Waals surface area (Å²) in [7, 11) is 0. The summed E-state index contributed by atoms with van der Waals surface area (Å²) < 4.78 is 1.29. The maximum absolute atomic E-state index is 12.2. The Morgan fingerprint density at radius 3 is 2.85 bits per heavy atom. The second kappa shape index (κ2) is 4.24. The van der Waals surface area contributed by atoms with Crippen LogP contribution in [0.5, 0.6) is 0 Å². The Morgan fingerprint density at radius 1 is 1.35 bits per heavy atom. The van der Waals surface area contributed by atoms with Crippen LogP contribution in [0.2, 0.25) is 0 Å². The molecule has 3 aromatic heterocycles. The first-order valence-corrected chi connectivity index (χ1v) is 6.08. The second-order valence-electron chi connectivity index (χ2n) is 4.98. The molecule has 0 aliphatic carbocycles. The molecule has 0 fully saturated rings. The number of aromatic nitrogens is 5. The van der Waals surface area contributed by atoms with Gasteiger partial charge in [0.2, 0.25) is 0 Å². The second-order valence-corrected chi connectivity index (χ2v) is 4.98. The Labute approximate surface area is 113 Å². The van der Waals surface area contributed by atoms with Crippen molar-refractivity contribution in [3.8, 4) is 5.82 Å². The molecule has 3 heterocycles. The van der Waals surface area contributed by atoms with Crippen molar-refractivity contribution in [2.75, 3.05) is 0 Å². The fourth-order valence-electron chi connectivity index (χ4n) is 1.90. The number of rotatable bonds is 2. The highest BCUT2D eigenvalue weighted by Crippen LogP contribution is 2.18. The molecule has 0 aliphatic heterocycles. The van der Waals surface area contributed by atoms with Crippen LogP contribution in [-0.4, -0.2) is 29.8 Å². The van der Waals surface area contributed by atoms with Crippen molar-refractivity contribution in [3.63, 3.8) is 0 Å². The molecule has 0 spiro atoms. The predicted molar refractivity (Wildman–Crippen MR) is 72.5 cm³/mol. The average Bonchev–Trinajstić information content (AvgIpc) is 2.76. The quantitative estimate of drug-likeness (QED) is 0.716. The van der Waals surface area contributed by atoms with Gasteiger partial charge in [0, 0.05) is 6.20 Å². The van der Waals surface area contributed by atoms with Crippen LogP contribution in [0.25, 0.3) is 16.9 Å². The van der Waals surface area contributed by atoms with E-state index in [4.69, 9.17) is 0 Å². The molecular weight excluding hydrogens is 258 g/mol. The summed E-state index contributed by atoms with van der Waals surface area (Å²) >= 11 is 0. The maximum atomic E-state index is 12.2. The van der Waals surface area contributed by atoms with E-state index < -0.39 is 5.60 Å². The molecule has 20 heavy (non-hydrogen) atoms. The molecule has 0 atom stereocenters. The van der Waals surface area contributed by atoms with Crippen molar-refractivity contribution < 1.29 is 5.11 Å². The van der Waals surface area contributed by atoms with Crippen molar-refractivity contribution in [3.05, 3.63) is 46.8 Å². The van der Waals surface area contributed by atoms with Crippen LogP contribution >= 0.6 is 0 Å². The molecule has 7 heteroatoms. The van der Waals surface area contributed by atoms with E-state index in [0.29, 0.717) is 22.5 Å². The molecule has 0 unspecified atom stereocenters. The van der Waals surface area contributed by atoms with Gasteiger partial charge in [0.1, 0.15) is 17.3 Å². The van der Waals surface area contributed by atoms with Gasteiger partial charge in [0.25, 0.3) is 5.56 Å². The monoisotopic (exact) mass is 271 g/mol. The van der Waals surface area contributed by atoms with Crippen LogP contribution in [0.3, 0.4) is 0 Å². The topological polar surface area (TPSA) is 96.7 Å². The fraction of sp³-hybridized carbons (Fsp3) is 0.231. The summed E-state index contributed by atoms with van der Waals surface area (Å²) in [6, 6.07) is 5.12. The Balaban J connectivity index is 2.21. The average molecular weight is 271 g/mol. The van der Waals surface area contributed by atoms with Gasteiger partial charge in [-0.2, -0.15) is 4.68 Å². The van der Waals surface area contributed by atoms with Crippen molar-refractivity contribution in [2.45, 2.75) is 19.4 Å². The zero-order valence-electron chi connectivity index (χ0n) is 11.0. The van der Waals surface area contributed by atoms with Crippen LogP contribution in [0.4, 0.5) is 0 Å². The Kier molecular flexibility index (Phi) is 2.65. The van der Waals surface area contributed by atoms with E-state index in [9.17, 15) is 9.90 Å². The Morgan fingerprint density at radius 2 is 2.15 bits per heavy atom. The SMILES string of the molecule is CC(C)(O)c1cccc(-n2[nH]c3ncncc3c2=O)n1. The van der Waals surface area contributed by atoms with Crippen LogP contribution < -0.4 is 5.56 Å². The summed E-state index contributed by atoms with van der Waals surface area (Å²) in [6.45, 7) is 3.27. The molecular formula is C13H13N5O2. The Bertz CT molecular complexity index is 828. The summed E-state index contributed by atoms with van der Waals surface area (Å²) in [6.07, 6.45) is 2.82. The van der Waals surface area contributed by atoms with Gasteiger partial charge in [-0.1, -0.05) is 6.07 Å². The minimum absolute atomic E-state index is 0.277. The summed E-state index contributed by atoms with van der Waals surface area (Å²) in [5, 5.41) is 13.2. The Hall–Kier alpha value is -2.54. The lowest BCUT2D eigenvalue weighted by Crippen LogP contribution is -2.21. The number of aliphatic hydroxyl groups is 1. The number of nitrogens with zero attached hydrogens (tertiary/aromatic N) is 4. The van der Waals surface area contributed by atoms with Crippen LogP contribution in [0.15, 0.2) is 35.5 Å². The standard InChI is InChI=1S/C13H13N5O2/c1-13(2,20)9-4-3-5-10(16-9)18-12(19)8-6-14-7-15-11(8)17-18/h3-7,20H,1-2H3,(H,14,15,17). The molecule has 0 radical (unpaired) electrons. The van der Waals surface area contributed by atoms with Gasteiger partial charge in [-0.05, 0) is 26.0 Å². The van der Waals surface area contributed by atoms with E-state index in [0.717, 1.165) is 0 Å². The number of aromatic amines is 1. The van der Waals surface area contributed by atoms with Crippen molar-refractivity contribution >= 4 is 11.0 Å². The van der Waals surface area contributed by atoms with Gasteiger partial charge in [-0.15, -0.1) is 0 Å². The molecule has 0 amide bonds. The summed E-state index contributed by atoms with van der Waals surface area (Å²) in [4.78, 5) is 24.4. The number of hydrogen-bond acceptors (Lipinski definition) is 5. The normalized spacial score (nSPS) is 11.9.